The maximum Gasteiger partial charge on any atom is 0.119 e. The molecule has 0 amide bonds. The third-order valence-corrected chi connectivity index (χ3v) is 3.10. The number of nitrogens with zero attached hydrogens (tertiary/aromatic N) is 1. The van der Waals surface area contributed by atoms with Gasteiger partial charge < -0.3 is 4.74 Å². The van der Waals surface area contributed by atoms with Gasteiger partial charge in [0.15, 0.2) is 0 Å². The van der Waals surface area contributed by atoms with Gasteiger partial charge in [-0.05, 0) is 42.8 Å². The van der Waals surface area contributed by atoms with Crippen LogP contribution in [0.15, 0.2) is 60.7 Å². The first-order chi connectivity index (χ1) is 9.81. The highest BCUT2D eigenvalue weighted by molar-refractivity contribution is 5.60. The summed E-state index contributed by atoms with van der Waals surface area (Å²) in [4.78, 5) is 0. The Labute approximate surface area is 118 Å². The number of aromatic amines is 1. The first kappa shape index (κ1) is 12.5. The van der Waals surface area contributed by atoms with Gasteiger partial charge in [0.1, 0.15) is 12.4 Å². The highest BCUT2D eigenvalue weighted by atomic mass is 16.5. The molecular formula is C17H16N2O. The van der Waals surface area contributed by atoms with E-state index in [1.54, 1.807) is 0 Å². The molecule has 3 nitrogen and oxygen atoms in total. The quantitative estimate of drug-likeness (QED) is 0.774. The summed E-state index contributed by atoms with van der Waals surface area (Å²) in [6.45, 7) is 2.58. The molecule has 0 radical (unpaired) electrons. The number of nitrogens with one attached hydrogen (secondary N) is 1. The Morgan fingerprint density at radius 1 is 1.00 bits per heavy atom. The highest BCUT2D eigenvalue weighted by Crippen LogP contribution is 2.21. The van der Waals surface area contributed by atoms with Crippen molar-refractivity contribution in [3.8, 4) is 17.0 Å². The maximum atomic E-state index is 5.76. The summed E-state index contributed by atoms with van der Waals surface area (Å²) >= 11 is 0. The van der Waals surface area contributed by atoms with E-state index in [4.69, 9.17) is 4.74 Å². The van der Waals surface area contributed by atoms with Crippen LogP contribution in [-0.4, -0.2) is 10.2 Å². The van der Waals surface area contributed by atoms with Crippen molar-refractivity contribution >= 4 is 0 Å². The number of benzene rings is 2. The molecule has 0 aliphatic carbocycles. The fourth-order valence-corrected chi connectivity index (χ4v) is 2.03. The lowest BCUT2D eigenvalue weighted by Gasteiger charge is -2.06. The Balaban J connectivity index is 1.67. The second kappa shape index (κ2) is 5.61. The molecule has 0 atom stereocenters. The van der Waals surface area contributed by atoms with Crippen molar-refractivity contribution < 1.29 is 4.74 Å². The normalized spacial score (nSPS) is 10.4. The minimum absolute atomic E-state index is 0.585. The Morgan fingerprint density at radius 3 is 2.40 bits per heavy atom. The number of ether oxygens (including phenoxy) is 1. The molecule has 3 rings (SSSR count). The second-order valence-corrected chi connectivity index (χ2v) is 4.73. The highest BCUT2D eigenvalue weighted by Gasteiger charge is 2.02. The zero-order valence-corrected chi connectivity index (χ0v) is 11.3. The van der Waals surface area contributed by atoms with Gasteiger partial charge in [-0.3, -0.25) is 5.10 Å². The summed E-state index contributed by atoms with van der Waals surface area (Å²) < 4.78 is 5.76. The summed E-state index contributed by atoms with van der Waals surface area (Å²) in [6, 6.07) is 20.2. The Kier molecular flexibility index (Phi) is 3.50. The number of hydrogen-bond donors (Lipinski definition) is 1. The Morgan fingerprint density at radius 2 is 1.75 bits per heavy atom. The molecule has 100 valence electrons. The molecule has 0 saturated heterocycles. The molecule has 2 aromatic carbocycles. The molecule has 1 N–H and O–H groups in total. The second-order valence-electron chi connectivity index (χ2n) is 4.73. The van der Waals surface area contributed by atoms with Gasteiger partial charge in [0, 0.05) is 11.3 Å². The van der Waals surface area contributed by atoms with Gasteiger partial charge in [0.2, 0.25) is 0 Å². The summed E-state index contributed by atoms with van der Waals surface area (Å²) in [5.74, 6) is 0.866. The molecule has 0 unspecified atom stereocenters. The maximum absolute atomic E-state index is 5.76. The van der Waals surface area contributed by atoms with Crippen LogP contribution in [0.25, 0.3) is 11.3 Å². The third kappa shape index (κ3) is 2.88. The van der Waals surface area contributed by atoms with Crippen molar-refractivity contribution in [1.29, 1.82) is 0 Å². The van der Waals surface area contributed by atoms with Crippen LogP contribution in [0.3, 0.4) is 0 Å². The monoisotopic (exact) mass is 264 g/mol. The predicted molar refractivity (Wildman–Crippen MR) is 79.5 cm³/mol. The van der Waals surface area contributed by atoms with Crippen molar-refractivity contribution in [1.82, 2.24) is 10.2 Å². The SMILES string of the molecule is Cc1cc(-c2ccc(OCc3ccccc3)cc2)n[nH]1. The number of rotatable bonds is 4. The van der Waals surface area contributed by atoms with Crippen molar-refractivity contribution in [3.05, 3.63) is 71.9 Å². The number of H-pyrrole nitrogens is 1. The van der Waals surface area contributed by atoms with Crippen LogP contribution < -0.4 is 4.74 Å². The van der Waals surface area contributed by atoms with Crippen molar-refractivity contribution in [2.45, 2.75) is 13.5 Å². The average Bonchev–Trinajstić information content (AvgIpc) is 2.93. The molecule has 0 aliphatic rings. The van der Waals surface area contributed by atoms with E-state index in [0.717, 1.165) is 22.7 Å². The Bertz CT molecular complexity index is 672. The van der Waals surface area contributed by atoms with Crippen LogP contribution in [0, 0.1) is 6.92 Å². The van der Waals surface area contributed by atoms with E-state index in [2.05, 4.69) is 22.3 Å². The molecular weight excluding hydrogens is 248 g/mol. The number of aromatic nitrogens is 2. The molecule has 1 heterocycles. The van der Waals surface area contributed by atoms with Crippen LogP contribution in [0.5, 0.6) is 5.75 Å². The zero-order valence-electron chi connectivity index (χ0n) is 11.3. The lowest BCUT2D eigenvalue weighted by Crippen LogP contribution is -1.94. The smallest absolute Gasteiger partial charge is 0.119 e. The van der Waals surface area contributed by atoms with Gasteiger partial charge in [-0.25, -0.2) is 0 Å². The fraction of sp³-hybridized carbons (Fsp3) is 0.118. The van der Waals surface area contributed by atoms with Crippen molar-refractivity contribution in [2.24, 2.45) is 0 Å². The first-order valence-corrected chi connectivity index (χ1v) is 6.60. The van der Waals surface area contributed by atoms with Crippen LogP contribution in [0.2, 0.25) is 0 Å². The minimum atomic E-state index is 0.585. The summed E-state index contributed by atoms with van der Waals surface area (Å²) in [7, 11) is 0. The van der Waals surface area contributed by atoms with E-state index in [1.807, 2.05) is 55.5 Å². The minimum Gasteiger partial charge on any atom is -0.489 e. The summed E-state index contributed by atoms with van der Waals surface area (Å²) in [5.41, 5.74) is 4.27. The number of aryl methyl sites for hydroxylation is 1. The zero-order chi connectivity index (χ0) is 13.8. The predicted octanol–water partition coefficient (Wildman–Crippen LogP) is 3.96. The van der Waals surface area contributed by atoms with E-state index in [1.165, 1.54) is 5.56 Å². The molecule has 3 aromatic rings. The molecule has 0 spiro atoms. The van der Waals surface area contributed by atoms with Crippen molar-refractivity contribution in [2.75, 3.05) is 0 Å². The van der Waals surface area contributed by atoms with E-state index in [0.29, 0.717) is 6.61 Å². The first-order valence-electron chi connectivity index (χ1n) is 6.60. The Hall–Kier alpha value is -2.55. The van der Waals surface area contributed by atoms with Gasteiger partial charge in [-0.1, -0.05) is 30.3 Å². The fourth-order valence-electron chi connectivity index (χ4n) is 2.03. The van der Waals surface area contributed by atoms with Crippen LogP contribution >= 0.6 is 0 Å². The van der Waals surface area contributed by atoms with Gasteiger partial charge in [0.25, 0.3) is 0 Å². The lowest BCUT2D eigenvalue weighted by molar-refractivity contribution is 0.306. The summed E-state index contributed by atoms with van der Waals surface area (Å²) in [5, 5.41) is 7.19. The van der Waals surface area contributed by atoms with Gasteiger partial charge >= 0.3 is 0 Å². The number of hydrogen-bond acceptors (Lipinski definition) is 2. The summed E-state index contributed by atoms with van der Waals surface area (Å²) in [6.07, 6.45) is 0. The largest absolute Gasteiger partial charge is 0.489 e. The molecule has 3 heteroatoms. The van der Waals surface area contributed by atoms with E-state index in [9.17, 15) is 0 Å². The van der Waals surface area contributed by atoms with E-state index >= 15 is 0 Å². The van der Waals surface area contributed by atoms with Crippen LogP contribution in [0.1, 0.15) is 11.3 Å². The molecule has 1 aromatic heterocycles. The average molecular weight is 264 g/mol. The topological polar surface area (TPSA) is 37.9 Å². The molecule has 0 bridgehead atoms. The van der Waals surface area contributed by atoms with Gasteiger partial charge in [0.05, 0.1) is 5.69 Å². The van der Waals surface area contributed by atoms with Crippen LogP contribution in [-0.2, 0) is 6.61 Å². The van der Waals surface area contributed by atoms with Gasteiger partial charge in [-0.2, -0.15) is 5.10 Å². The molecule has 0 aliphatic heterocycles. The standard InChI is InChI=1S/C17H16N2O/c1-13-11-17(19-18-13)15-7-9-16(10-8-15)20-12-14-5-3-2-4-6-14/h2-11H,12H2,1H3,(H,18,19). The third-order valence-electron chi connectivity index (χ3n) is 3.10. The van der Waals surface area contributed by atoms with E-state index < -0.39 is 0 Å². The molecule has 20 heavy (non-hydrogen) atoms. The molecule has 0 fully saturated rings. The van der Waals surface area contributed by atoms with Gasteiger partial charge in [-0.15, -0.1) is 0 Å². The molecule has 0 saturated carbocycles. The van der Waals surface area contributed by atoms with Crippen LogP contribution in [0.4, 0.5) is 0 Å². The van der Waals surface area contributed by atoms with Crippen molar-refractivity contribution in [3.63, 3.8) is 0 Å². The van der Waals surface area contributed by atoms with E-state index in [-0.39, 0.29) is 0 Å². The lowest BCUT2D eigenvalue weighted by atomic mass is 10.1.